The Balaban J connectivity index is 1.59. The summed E-state index contributed by atoms with van der Waals surface area (Å²) in [5.74, 6) is -0.326. The normalized spacial score (nSPS) is 11.5. The second-order valence-corrected chi connectivity index (χ2v) is 8.12. The first kappa shape index (κ1) is 24.1. The quantitative estimate of drug-likeness (QED) is 0.354. The van der Waals surface area contributed by atoms with Gasteiger partial charge in [-0.15, -0.1) is 11.8 Å². The number of thioether (sulfide) groups is 1. The van der Waals surface area contributed by atoms with Crippen LogP contribution in [0.15, 0.2) is 82.3 Å². The standard InChI is InChI=1S/C25H26N2O5S/c1-3-27(19-10-5-4-6-11-19)24(29)18(2)32-25(30)21-13-7-8-14-22(21)33-17-23(28)26-16-20-12-9-15-31-20/h4-15,18H,3,16-17H2,1-2H3,(H,26,28)/t18-/m0/s1. The second kappa shape index (κ2) is 11.9. The average molecular weight is 467 g/mol. The number of rotatable bonds is 10. The number of carbonyl (C=O) groups excluding carboxylic acids is 3. The summed E-state index contributed by atoms with van der Waals surface area (Å²) in [5.41, 5.74) is 1.05. The Kier molecular flexibility index (Phi) is 8.71. The first-order valence-electron chi connectivity index (χ1n) is 10.6. The SMILES string of the molecule is CCN(C(=O)[C@H](C)OC(=O)c1ccccc1SCC(=O)NCc1ccco1)c1ccccc1. The summed E-state index contributed by atoms with van der Waals surface area (Å²) in [5, 5.41) is 2.77. The fraction of sp³-hybridized carbons (Fsp3) is 0.240. The Morgan fingerprint density at radius 2 is 1.76 bits per heavy atom. The third-order valence-corrected chi connectivity index (χ3v) is 5.86. The van der Waals surface area contributed by atoms with Gasteiger partial charge in [-0.25, -0.2) is 4.79 Å². The summed E-state index contributed by atoms with van der Waals surface area (Å²) in [4.78, 5) is 40.1. The van der Waals surface area contributed by atoms with E-state index < -0.39 is 12.1 Å². The van der Waals surface area contributed by atoms with Crippen LogP contribution in [0.4, 0.5) is 5.69 Å². The first-order valence-corrected chi connectivity index (χ1v) is 11.6. The van der Waals surface area contributed by atoms with Crippen molar-refractivity contribution < 1.29 is 23.5 Å². The number of hydrogen-bond acceptors (Lipinski definition) is 6. The molecule has 0 unspecified atom stereocenters. The number of ether oxygens (including phenoxy) is 1. The molecule has 2 aromatic carbocycles. The number of hydrogen-bond donors (Lipinski definition) is 1. The summed E-state index contributed by atoms with van der Waals surface area (Å²) in [6.45, 7) is 4.17. The van der Waals surface area contributed by atoms with Gasteiger partial charge in [-0.2, -0.15) is 0 Å². The van der Waals surface area contributed by atoms with Gasteiger partial charge in [0.1, 0.15) is 5.76 Å². The van der Waals surface area contributed by atoms with Gasteiger partial charge in [0, 0.05) is 17.1 Å². The van der Waals surface area contributed by atoms with Crippen molar-refractivity contribution in [2.24, 2.45) is 0 Å². The fourth-order valence-corrected chi connectivity index (χ4v) is 3.99. The molecule has 3 aromatic rings. The van der Waals surface area contributed by atoms with Crippen LogP contribution in [0.1, 0.15) is 30.0 Å². The minimum atomic E-state index is -0.965. The maximum absolute atomic E-state index is 12.9. The third kappa shape index (κ3) is 6.73. The van der Waals surface area contributed by atoms with E-state index in [0.29, 0.717) is 29.3 Å². The Hall–Kier alpha value is -3.52. The van der Waals surface area contributed by atoms with Gasteiger partial charge in [0.05, 0.1) is 24.1 Å². The predicted octanol–water partition coefficient (Wildman–Crippen LogP) is 4.29. The van der Waals surface area contributed by atoms with Gasteiger partial charge in [-0.3, -0.25) is 9.59 Å². The highest BCUT2D eigenvalue weighted by Crippen LogP contribution is 2.24. The van der Waals surface area contributed by atoms with Crippen molar-refractivity contribution in [3.63, 3.8) is 0 Å². The van der Waals surface area contributed by atoms with E-state index in [1.54, 1.807) is 54.5 Å². The molecule has 0 saturated heterocycles. The molecule has 0 radical (unpaired) electrons. The number of esters is 1. The molecule has 0 bridgehead atoms. The van der Waals surface area contributed by atoms with Crippen LogP contribution in [0.25, 0.3) is 0 Å². The number of para-hydroxylation sites is 1. The maximum atomic E-state index is 12.9. The number of likely N-dealkylation sites (N-methyl/N-ethyl adjacent to an activating group) is 1. The number of amides is 2. The van der Waals surface area contributed by atoms with E-state index in [-0.39, 0.29) is 17.6 Å². The highest BCUT2D eigenvalue weighted by Gasteiger charge is 2.25. The Bertz CT molecular complexity index is 1070. The van der Waals surface area contributed by atoms with E-state index in [0.717, 1.165) is 5.69 Å². The highest BCUT2D eigenvalue weighted by atomic mass is 32.2. The first-order chi connectivity index (χ1) is 16.0. The lowest BCUT2D eigenvalue weighted by Crippen LogP contribution is -2.40. The number of benzene rings is 2. The molecule has 0 spiro atoms. The Morgan fingerprint density at radius 3 is 2.45 bits per heavy atom. The molecule has 7 nitrogen and oxygen atoms in total. The Labute approximate surface area is 197 Å². The molecule has 0 saturated carbocycles. The van der Waals surface area contributed by atoms with Crippen molar-refractivity contribution in [1.29, 1.82) is 0 Å². The van der Waals surface area contributed by atoms with Crippen LogP contribution in [0.5, 0.6) is 0 Å². The fourth-order valence-electron chi connectivity index (χ4n) is 3.12. The van der Waals surface area contributed by atoms with Gasteiger partial charge in [0.25, 0.3) is 5.91 Å². The predicted molar refractivity (Wildman–Crippen MR) is 127 cm³/mol. The number of carbonyl (C=O) groups is 3. The van der Waals surface area contributed by atoms with Gasteiger partial charge >= 0.3 is 5.97 Å². The monoisotopic (exact) mass is 466 g/mol. The van der Waals surface area contributed by atoms with Gasteiger partial charge in [-0.1, -0.05) is 30.3 Å². The molecule has 1 atom stereocenters. The molecule has 8 heteroatoms. The van der Waals surface area contributed by atoms with Gasteiger partial charge in [-0.05, 0) is 50.2 Å². The molecule has 172 valence electrons. The van der Waals surface area contributed by atoms with Crippen molar-refractivity contribution in [2.45, 2.75) is 31.4 Å². The number of nitrogens with zero attached hydrogens (tertiary/aromatic N) is 1. The minimum absolute atomic E-state index is 0.122. The lowest BCUT2D eigenvalue weighted by Gasteiger charge is -2.24. The van der Waals surface area contributed by atoms with Crippen molar-refractivity contribution in [3.8, 4) is 0 Å². The lowest BCUT2D eigenvalue weighted by molar-refractivity contribution is -0.126. The van der Waals surface area contributed by atoms with Crippen LogP contribution in [-0.2, 0) is 20.9 Å². The van der Waals surface area contributed by atoms with Crippen molar-refractivity contribution in [1.82, 2.24) is 5.32 Å². The van der Waals surface area contributed by atoms with E-state index in [1.165, 1.54) is 11.8 Å². The molecular formula is C25H26N2O5S. The summed E-state index contributed by atoms with van der Waals surface area (Å²) < 4.78 is 10.7. The summed E-state index contributed by atoms with van der Waals surface area (Å²) in [7, 11) is 0. The summed E-state index contributed by atoms with van der Waals surface area (Å²) in [6.07, 6.45) is 0.580. The minimum Gasteiger partial charge on any atom is -0.467 e. The molecule has 1 N–H and O–H groups in total. The van der Waals surface area contributed by atoms with Crippen LogP contribution in [0.3, 0.4) is 0 Å². The molecule has 1 aromatic heterocycles. The van der Waals surface area contributed by atoms with Crippen LogP contribution < -0.4 is 10.2 Å². The molecule has 0 aliphatic rings. The van der Waals surface area contributed by atoms with E-state index in [1.807, 2.05) is 37.3 Å². The zero-order valence-corrected chi connectivity index (χ0v) is 19.3. The smallest absolute Gasteiger partial charge is 0.340 e. The highest BCUT2D eigenvalue weighted by molar-refractivity contribution is 8.00. The van der Waals surface area contributed by atoms with Crippen LogP contribution >= 0.6 is 11.8 Å². The topological polar surface area (TPSA) is 88.8 Å². The van der Waals surface area contributed by atoms with Crippen molar-refractivity contribution in [2.75, 3.05) is 17.2 Å². The number of nitrogens with one attached hydrogen (secondary N) is 1. The van der Waals surface area contributed by atoms with Crippen molar-refractivity contribution in [3.05, 3.63) is 84.3 Å². The molecule has 33 heavy (non-hydrogen) atoms. The van der Waals surface area contributed by atoms with Crippen LogP contribution in [0, 0.1) is 0 Å². The van der Waals surface area contributed by atoms with Gasteiger partial charge in [0.2, 0.25) is 5.91 Å². The zero-order valence-electron chi connectivity index (χ0n) is 18.5. The number of anilines is 1. The molecule has 3 rings (SSSR count). The van der Waals surface area contributed by atoms with E-state index >= 15 is 0 Å². The molecule has 0 aliphatic heterocycles. The molecule has 0 aliphatic carbocycles. The van der Waals surface area contributed by atoms with E-state index in [2.05, 4.69) is 5.32 Å². The Morgan fingerprint density at radius 1 is 1.03 bits per heavy atom. The van der Waals surface area contributed by atoms with E-state index in [9.17, 15) is 14.4 Å². The molecule has 1 heterocycles. The number of furan rings is 1. The van der Waals surface area contributed by atoms with Crippen LogP contribution in [-0.4, -0.2) is 36.2 Å². The third-order valence-electron chi connectivity index (χ3n) is 4.79. The van der Waals surface area contributed by atoms with Crippen LogP contribution in [0.2, 0.25) is 0 Å². The van der Waals surface area contributed by atoms with Crippen molar-refractivity contribution >= 4 is 35.2 Å². The molecular weight excluding hydrogens is 440 g/mol. The maximum Gasteiger partial charge on any atom is 0.340 e. The average Bonchev–Trinajstić information content (AvgIpc) is 3.36. The second-order valence-electron chi connectivity index (χ2n) is 7.11. The van der Waals surface area contributed by atoms with E-state index in [4.69, 9.17) is 9.15 Å². The van der Waals surface area contributed by atoms with Gasteiger partial charge in [0.15, 0.2) is 6.10 Å². The zero-order chi connectivity index (χ0) is 23.6. The summed E-state index contributed by atoms with van der Waals surface area (Å²) in [6, 6.07) is 19.6. The lowest BCUT2D eigenvalue weighted by atomic mass is 10.2. The molecule has 2 amide bonds. The molecule has 0 fully saturated rings. The largest absolute Gasteiger partial charge is 0.467 e. The summed E-state index contributed by atoms with van der Waals surface area (Å²) >= 11 is 1.23. The van der Waals surface area contributed by atoms with Gasteiger partial charge < -0.3 is 19.4 Å².